The predicted octanol–water partition coefficient (Wildman–Crippen LogP) is -0.00180. The molecule has 11 heteroatoms. The topological polar surface area (TPSA) is 135 Å². The van der Waals surface area contributed by atoms with Gasteiger partial charge in [0.15, 0.2) is 28.4 Å². The standard InChI is InChI=1S/C16H25N5O5S/c1-3-6-27-16-19-13(17-4-5-25-2)10-14(20-16)21(8-18-10)15-12(24)11(23)9(7-22)26-15/h8-9,11-12,15,22-24H,3-7H2,1-2H3,(H,17,19,20)/t9-,11?,12?,15-/m1/s1. The third-order valence-corrected chi connectivity index (χ3v) is 5.28. The fourth-order valence-electron chi connectivity index (χ4n) is 2.85. The van der Waals surface area contributed by atoms with Crippen LogP contribution in [-0.4, -0.2) is 85.8 Å². The van der Waals surface area contributed by atoms with Crippen LogP contribution in [0.1, 0.15) is 19.6 Å². The highest BCUT2D eigenvalue weighted by molar-refractivity contribution is 7.99. The maximum absolute atomic E-state index is 10.3. The Kier molecular flexibility index (Phi) is 6.84. The summed E-state index contributed by atoms with van der Waals surface area (Å²) in [5, 5.41) is 33.5. The van der Waals surface area contributed by atoms with Crippen molar-refractivity contribution < 1.29 is 24.8 Å². The number of aromatic nitrogens is 4. The maximum Gasteiger partial charge on any atom is 0.191 e. The molecule has 0 radical (unpaired) electrons. The Morgan fingerprint density at radius 2 is 2.15 bits per heavy atom. The molecule has 3 rings (SSSR count). The summed E-state index contributed by atoms with van der Waals surface area (Å²) in [5.74, 6) is 1.44. The van der Waals surface area contributed by atoms with Gasteiger partial charge in [-0.2, -0.15) is 0 Å². The molecule has 0 bridgehead atoms. The zero-order valence-corrected chi connectivity index (χ0v) is 16.1. The molecule has 0 spiro atoms. The lowest BCUT2D eigenvalue weighted by atomic mass is 10.1. The molecular formula is C16H25N5O5S. The molecule has 1 aliphatic rings. The molecule has 4 atom stereocenters. The van der Waals surface area contributed by atoms with E-state index in [2.05, 4.69) is 27.2 Å². The van der Waals surface area contributed by atoms with E-state index in [0.717, 1.165) is 12.2 Å². The van der Waals surface area contributed by atoms with Gasteiger partial charge in [-0.05, 0) is 6.42 Å². The number of anilines is 1. The fraction of sp³-hybridized carbons (Fsp3) is 0.688. The Labute approximate surface area is 160 Å². The van der Waals surface area contributed by atoms with E-state index >= 15 is 0 Å². The summed E-state index contributed by atoms with van der Waals surface area (Å²) in [7, 11) is 1.62. The number of fused-ring (bicyclic) bond motifs is 1. The number of rotatable bonds is 9. The Morgan fingerprint density at radius 3 is 2.81 bits per heavy atom. The average molecular weight is 399 g/mol. The predicted molar refractivity (Wildman–Crippen MR) is 99.7 cm³/mol. The van der Waals surface area contributed by atoms with Gasteiger partial charge in [0.2, 0.25) is 0 Å². The van der Waals surface area contributed by atoms with Crippen LogP contribution in [0.4, 0.5) is 5.82 Å². The largest absolute Gasteiger partial charge is 0.394 e. The Balaban J connectivity index is 1.98. The van der Waals surface area contributed by atoms with Crippen molar-refractivity contribution in [1.82, 2.24) is 19.5 Å². The number of nitrogens with one attached hydrogen (secondary N) is 1. The summed E-state index contributed by atoms with van der Waals surface area (Å²) in [6.07, 6.45) is -1.67. The second kappa shape index (κ2) is 9.13. The number of aliphatic hydroxyl groups excluding tert-OH is 3. The summed E-state index contributed by atoms with van der Waals surface area (Å²) >= 11 is 1.52. The molecule has 150 valence electrons. The number of imidazole rings is 1. The smallest absolute Gasteiger partial charge is 0.191 e. The first kappa shape index (κ1) is 20.2. The monoisotopic (exact) mass is 399 g/mol. The average Bonchev–Trinajstić information content (AvgIpc) is 3.21. The number of aliphatic hydroxyl groups is 3. The molecule has 2 unspecified atom stereocenters. The first-order valence-corrected chi connectivity index (χ1v) is 9.81. The van der Waals surface area contributed by atoms with Crippen molar-refractivity contribution >= 4 is 28.7 Å². The van der Waals surface area contributed by atoms with Gasteiger partial charge in [-0.1, -0.05) is 18.7 Å². The van der Waals surface area contributed by atoms with Gasteiger partial charge >= 0.3 is 0 Å². The van der Waals surface area contributed by atoms with Crippen LogP contribution in [0, 0.1) is 0 Å². The summed E-state index contributed by atoms with van der Waals surface area (Å²) < 4.78 is 12.2. The van der Waals surface area contributed by atoms with Crippen molar-refractivity contribution in [2.45, 2.75) is 43.0 Å². The SMILES string of the molecule is CCCSc1nc(NCCOC)c2ncn([C@@H]3O[C@H](CO)C(O)C3O)c2n1. The molecule has 2 aromatic rings. The van der Waals surface area contributed by atoms with Crippen molar-refractivity contribution in [3.63, 3.8) is 0 Å². The molecule has 0 saturated carbocycles. The van der Waals surface area contributed by atoms with Gasteiger partial charge in [-0.15, -0.1) is 0 Å². The van der Waals surface area contributed by atoms with E-state index in [9.17, 15) is 15.3 Å². The van der Waals surface area contributed by atoms with Crippen molar-refractivity contribution in [1.29, 1.82) is 0 Å². The van der Waals surface area contributed by atoms with Crippen LogP contribution in [0.2, 0.25) is 0 Å². The van der Waals surface area contributed by atoms with Crippen LogP contribution in [0.25, 0.3) is 11.2 Å². The molecule has 2 aromatic heterocycles. The second-order valence-corrected chi connectivity index (χ2v) is 7.24. The van der Waals surface area contributed by atoms with Gasteiger partial charge in [-0.3, -0.25) is 4.57 Å². The molecule has 3 heterocycles. The summed E-state index contributed by atoms with van der Waals surface area (Å²) in [6, 6.07) is 0. The van der Waals surface area contributed by atoms with Gasteiger partial charge in [0.05, 0.1) is 19.5 Å². The van der Waals surface area contributed by atoms with Crippen molar-refractivity contribution in [2.75, 3.05) is 37.9 Å². The van der Waals surface area contributed by atoms with Crippen molar-refractivity contribution in [3.8, 4) is 0 Å². The summed E-state index contributed by atoms with van der Waals surface area (Å²) in [4.78, 5) is 13.5. The Bertz CT molecular complexity index is 760. The van der Waals surface area contributed by atoms with E-state index in [1.165, 1.54) is 18.1 Å². The van der Waals surface area contributed by atoms with Crippen molar-refractivity contribution in [3.05, 3.63) is 6.33 Å². The molecule has 4 N–H and O–H groups in total. The molecule has 0 aromatic carbocycles. The first-order valence-electron chi connectivity index (χ1n) is 8.83. The number of methoxy groups -OCH3 is 1. The molecule has 0 aliphatic carbocycles. The fourth-order valence-corrected chi connectivity index (χ4v) is 3.54. The second-order valence-electron chi connectivity index (χ2n) is 6.18. The first-order chi connectivity index (χ1) is 13.1. The highest BCUT2D eigenvalue weighted by Gasteiger charge is 2.44. The Morgan fingerprint density at radius 1 is 1.33 bits per heavy atom. The van der Waals surface area contributed by atoms with Crippen LogP contribution in [0.5, 0.6) is 0 Å². The lowest BCUT2D eigenvalue weighted by Gasteiger charge is -2.17. The number of hydrogen-bond acceptors (Lipinski definition) is 10. The third-order valence-electron chi connectivity index (χ3n) is 4.23. The van der Waals surface area contributed by atoms with E-state index in [-0.39, 0.29) is 0 Å². The minimum Gasteiger partial charge on any atom is -0.394 e. The van der Waals surface area contributed by atoms with Gasteiger partial charge in [0.25, 0.3) is 0 Å². The minimum atomic E-state index is -1.20. The molecule has 1 aliphatic heterocycles. The normalized spacial score (nSPS) is 25.4. The lowest BCUT2D eigenvalue weighted by Crippen LogP contribution is -2.33. The quantitative estimate of drug-likeness (QED) is 0.259. The summed E-state index contributed by atoms with van der Waals surface area (Å²) in [5.41, 5.74) is 1.02. The Hall–Kier alpha value is -1.50. The highest BCUT2D eigenvalue weighted by Crippen LogP contribution is 2.33. The zero-order chi connectivity index (χ0) is 19.4. The van der Waals surface area contributed by atoms with Gasteiger partial charge in [0.1, 0.15) is 18.3 Å². The van der Waals surface area contributed by atoms with Gasteiger partial charge in [-0.25, -0.2) is 15.0 Å². The molecule has 10 nitrogen and oxygen atoms in total. The van der Waals surface area contributed by atoms with E-state index in [4.69, 9.17) is 9.47 Å². The van der Waals surface area contributed by atoms with E-state index < -0.39 is 31.1 Å². The van der Waals surface area contributed by atoms with Gasteiger partial charge in [0, 0.05) is 19.4 Å². The molecular weight excluding hydrogens is 374 g/mol. The summed E-state index contributed by atoms with van der Waals surface area (Å²) in [6.45, 7) is 2.75. The van der Waals surface area contributed by atoms with E-state index in [1.54, 1.807) is 11.7 Å². The van der Waals surface area contributed by atoms with Crippen molar-refractivity contribution in [2.24, 2.45) is 0 Å². The number of hydrogen-bond donors (Lipinski definition) is 4. The lowest BCUT2D eigenvalue weighted by molar-refractivity contribution is -0.0511. The number of ether oxygens (including phenoxy) is 2. The van der Waals surface area contributed by atoms with E-state index in [0.29, 0.717) is 35.3 Å². The highest BCUT2D eigenvalue weighted by atomic mass is 32.2. The van der Waals surface area contributed by atoms with Gasteiger partial charge < -0.3 is 30.1 Å². The third kappa shape index (κ3) is 4.18. The molecule has 0 amide bonds. The number of nitrogens with zero attached hydrogens (tertiary/aromatic N) is 4. The van der Waals surface area contributed by atoms with Crippen LogP contribution in [0.3, 0.4) is 0 Å². The van der Waals surface area contributed by atoms with Crippen LogP contribution >= 0.6 is 11.8 Å². The molecule has 1 saturated heterocycles. The van der Waals surface area contributed by atoms with E-state index in [1.807, 2.05) is 0 Å². The van der Waals surface area contributed by atoms with Crippen LogP contribution in [0.15, 0.2) is 11.5 Å². The van der Waals surface area contributed by atoms with Crippen LogP contribution < -0.4 is 5.32 Å². The molecule has 1 fully saturated rings. The maximum atomic E-state index is 10.3. The van der Waals surface area contributed by atoms with Crippen LogP contribution in [-0.2, 0) is 9.47 Å². The number of thioether (sulfide) groups is 1. The minimum absolute atomic E-state index is 0.391. The zero-order valence-electron chi connectivity index (χ0n) is 15.3. The molecule has 27 heavy (non-hydrogen) atoms.